The molecule has 2 N–H and O–H groups in total. The van der Waals surface area contributed by atoms with Crippen LogP contribution in [0.4, 0.5) is 0 Å². The molecule has 7 heavy (non-hydrogen) atoms. The first kappa shape index (κ1) is 10.5. The highest BCUT2D eigenvalue weighted by Crippen LogP contribution is 1.87. The van der Waals surface area contributed by atoms with Gasteiger partial charge in [0, 0.05) is 5.75 Å². The Morgan fingerprint density at radius 3 is 2.29 bits per heavy atom. The van der Waals surface area contributed by atoms with Gasteiger partial charge in [-0.1, -0.05) is 12.2 Å². The van der Waals surface area contributed by atoms with Gasteiger partial charge in [-0.3, -0.25) is 0 Å². The Bertz CT molecular complexity index is 56.9. The second kappa shape index (κ2) is 6.53. The van der Waals surface area contributed by atoms with Crippen LogP contribution in [0.2, 0.25) is 0 Å². The molecule has 0 atom stereocenters. The molecule has 0 unspecified atom stereocenters. The van der Waals surface area contributed by atoms with Crippen molar-refractivity contribution in [1.82, 2.24) is 0 Å². The summed E-state index contributed by atoms with van der Waals surface area (Å²) in [7, 11) is 0. The van der Waals surface area contributed by atoms with Crippen LogP contribution in [0.3, 0.4) is 0 Å². The van der Waals surface area contributed by atoms with Gasteiger partial charge >= 0.3 is 0 Å². The quantitative estimate of drug-likeness (QED) is 0.608. The Hall–Kier alpha value is 0.530. The van der Waals surface area contributed by atoms with Gasteiger partial charge in [0.15, 0.2) is 0 Å². The Balaban J connectivity index is 0. The third-order valence-electron chi connectivity index (χ3n) is 0.287. The van der Waals surface area contributed by atoms with E-state index in [2.05, 4.69) is 12.2 Å². The molecular weight excluding hydrogens is 150 g/mol. The highest BCUT2D eigenvalue weighted by atomic mass is 35.5. The fourth-order valence-corrected chi connectivity index (χ4v) is 0.780. The van der Waals surface area contributed by atoms with Crippen LogP contribution >= 0.6 is 36.4 Å². The molecule has 0 rings (SSSR count). The van der Waals surface area contributed by atoms with Crippen LogP contribution < -0.4 is 5.73 Å². The van der Waals surface area contributed by atoms with Crippen LogP contribution in [0.5, 0.6) is 0 Å². The largest absolute Gasteiger partial charge is 0.393 e. The summed E-state index contributed by atoms with van der Waals surface area (Å²) in [6, 6.07) is 0. The van der Waals surface area contributed by atoms with E-state index in [1.54, 1.807) is 11.8 Å². The molecule has 0 saturated carbocycles. The zero-order valence-corrected chi connectivity index (χ0v) is 6.46. The predicted octanol–water partition coefficient (Wildman–Crippen LogP) is 1.06. The van der Waals surface area contributed by atoms with Gasteiger partial charge in [-0.15, -0.1) is 12.4 Å². The van der Waals surface area contributed by atoms with E-state index in [9.17, 15) is 0 Å². The monoisotopic (exact) mass is 157 g/mol. The van der Waals surface area contributed by atoms with Crippen molar-refractivity contribution in [1.29, 1.82) is 0 Å². The Kier molecular flexibility index (Phi) is 9.79. The molecule has 0 aromatic carbocycles. The standard InChI is InChI=1S/C3H7NS2.ClH/c1-6-2-3(4)5;/h2H2,1H3,(H2,4,5);1H. The van der Waals surface area contributed by atoms with E-state index in [0.717, 1.165) is 5.75 Å². The molecule has 0 bridgehead atoms. The second-order valence-electron chi connectivity index (χ2n) is 0.899. The molecule has 0 aromatic rings. The molecule has 0 saturated heterocycles. The molecule has 0 heterocycles. The van der Waals surface area contributed by atoms with Crippen molar-refractivity contribution in [3.05, 3.63) is 0 Å². The number of thioether (sulfide) groups is 1. The van der Waals surface area contributed by atoms with Gasteiger partial charge in [0.1, 0.15) is 0 Å². The first-order valence-electron chi connectivity index (χ1n) is 1.54. The van der Waals surface area contributed by atoms with E-state index in [4.69, 9.17) is 5.73 Å². The highest BCUT2D eigenvalue weighted by Gasteiger charge is 1.79. The van der Waals surface area contributed by atoms with Crippen molar-refractivity contribution in [2.45, 2.75) is 0 Å². The van der Waals surface area contributed by atoms with E-state index in [1.165, 1.54) is 0 Å². The van der Waals surface area contributed by atoms with Gasteiger partial charge in [-0.2, -0.15) is 11.8 Å². The van der Waals surface area contributed by atoms with Crippen molar-refractivity contribution < 1.29 is 0 Å². The van der Waals surface area contributed by atoms with E-state index in [0.29, 0.717) is 4.99 Å². The van der Waals surface area contributed by atoms with E-state index in [1.807, 2.05) is 6.26 Å². The maximum Gasteiger partial charge on any atom is 0.0827 e. The lowest BCUT2D eigenvalue weighted by atomic mass is 10.8. The average Bonchev–Trinajstić information content (AvgIpc) is 1.35. The molecule has 0 aliphatic heterocycles. The number of thiocarbonyl (C=S) groups is 1. The minimum atomic E-state index is 0. The fraction of sp³-hybridized carbons (Fsp3) is 0.667. The molecule has 1 nitrogen and oxygen atoms in total. The molecule has 0 fully saturated rings. The Morgan fingerprint density at radius 2 is 2.29 bits per heavy atom. The van der Waals surface area contributed by atoms with Crippen molar-refractivity contribution in [3.8, 4) is 0 Å². The summed E-state index contributed by atoms with van der Waals surface area (Å²) < 4.78 is 0. The minimum Gasteiger partial charge on any atom is -0.393 e. The first-order chi connectivity index (χ1) is 2.77. The summed E-state index contributed by atoms with van der Waals surface area (Å²) in [5.74, 6) is 0.801. The summed E-state index contributed by atoms with van der Waals surface area (Å²) in [6.07, 6.45) is 1.97. The number of nitrogens with two attached hydrogens (primary N) is 1. The van der Waals surface area contributed by atoms with Crippen LogP contribution in [-0.2, 0) is 0 Å². The predicted molar refractivity (Wildman–Crippen MR) is 42.4 cm³/mol. The fourth-order valence-electron chi connectivity index (χ4n) is 0.142. The maximum absolute atomic E-state index is 5.11. The Labute approximate surface area is 59.4 Å². The summed E-state index contributed by atoms with van der Waals surface area (Å²) in [5, 5.41) is 0. The molecule has 4 heteroatoms. The Morgan fingerprint density at radius 1 is 1.86 bits per heavy atom. The van der Waals surface area contributed by atoms with Gasteiger partial charge in [0.05, 0.1) is 4.99 Å². The highest BCUT2D eigenvalue weighted by molar-refractivity contribution is 8.00. The van der Waals surface area contributed by atoms with Crippen molar-refractivity contribution in [2.24, 2.45) is 5.73 Å². The van der Waals surface area contributed by atoms with Crippen molar-refractivity contribution >= 4 is 41.4 Å². The molecular formula is C3H8ClNS2. The number of hydrogen-bond donors (Lipinski definition) is 1. The van der Waals surface area contributed by atoms with Crippen molar-refractivity contribution in [3.63, 3.8) is 0 Å². The summed E-state index contributed by atoms with van der Waals surface area (Å²) in [4.78, 5) is 0.586. The summed E-state index contributed by atoms with van der Waals surface area (Å²) >= 11 is 6.20. The molecule has 44 valence electrons. The van der Waals surface area contributed by atoms with Gasteiger partial charge in [0.25, 0.3) is 0 Å². The topological polar surface area (TPSA) is 26.0 Å². The SMILES string of the molecule is CSCC(N)=S.Cl. The van der Waals surface area contributed by atoms with Crippen LogP contribution in [0.15, 0.2) is 0 Å². The van der Waals surface area contributed by atoms with Crippen LogP contribution in [0, 0.1) is 0 Å². The third kappa shape index (κ3) is 10.8. The van der Waals surface area contributed by atoms with Crippen molar-refractivity contribution in [2.75, 3.05) is 12.0 Å². The van der Waals surface area contributed by atoms with Gasteiger partial charge < -0.3 is 5.73 Å². The summed E-state index contributed by atoms with van der Waals surface area (Å²) in [6.45, 7) is 0. The molecule has 0 aromatic heterocycles. The smallest absolute Gasteiger partial charge is 0.0827 e. The summed E-state index contributed by atoms with van der Waals surface area (Å²) in [5.41, 5.74) is 5.11. The molecule has 0 amide bonds. The maximum atomic E-state index is 5.11. The van der Waals surface area contributed by atoms with E-state index >= 15 is 0 Å². The lowest BCUT2D eigenvalue weighted by molar-refractivity contribution is 1.75. The molecule has 0 aliphatic carbocycles. The second-order valence-corrected chi connectivity index (χ2v) is 2.29. The zero-order chi connectivity index (χ0) is 4.99. The number of halogens is 1. The lowest BCUT2D eigenvalue weighted by Gasteiger charge is -1.85. The van der Waals surface area contributed by atoms with Gasteiger partial charge in [0.2, 0.25) is 0 Å². The number of hydrogen-bond acceptors (Lipinski definition) is 2. The zero-order valence-electron chi connectivity index (χ0n) is 4.01. The average molecular weight is 158 g/mol. The molecule has 0 spiro atoms. The van der Waals surface area contributed by atoms with Crippen LogP contribution in [0.25, 0.3) is 0 Å². The van der Waals surface area contributed by atoms with Gasteiger partial charge in [-0.05, 0) is 6.26 Å². The van der Waals surface area contributed by atoms with Crippen LogP contribution in [-0.4, -0.2) is 17.0 Å². The number of rotatable bonds is 2. The first-order valence-corrected chi connectivity index (χ1v) is 3.35. The van der Waals surface area contributed by atoms with E-state index in [-0.39, 0.29) is 12.4 Å². The van der Waals surface area contributed by atoms with E-state index < -0.39 is 0 Å². The molecule has 0 aliphatic rings. The minimum absolute atomic E-state index is 0. The molecule has 0 radical (unpaired) electrons. The van der Waals surface area contributed by atoms with Gasteiger partial charge in [-0.25, -0.2) is 0 Å². The van der Waals surface area contributed by atoms with Crippen LogP contribution in [0.1, 0.15) is 0 Å². The lowest BCUT2D eigenvalue weighted by Crippen LogP contribution is -2.09. The third-order valence-corrected chi connectivity index (χ3v) is 1.21. The normalized spacial score (nSPS) is 7.00.